The van der Waals surface area contributed by atoms with Crippen molar-refractivity contribution in [2.45, 2.75) is 32.6 Å². The number of oxazole rings is 1. The van der Waals surface area contributed by atoms with E-state index in [0.717, 1.165) is 18.5 Å². The smallest absolute Gasteiger partial charge is 0.291 e. The fourth-order valence-electron chi connectivity index (χ4n) is 4.19. The third-order valence-electron chi connectivity index (χ3n) is 5.82. The van der Waals surface area contributed by atoms with E-state index < -0.39 is 5.41 Å². The standard InChI is InChI=1S/C20H22FN3O3/c1-14-17(27-13-22-14)18(25)23-11-8-20(9-12-23)7-2-10-24(19(20)26)16-5-3-15(21)4-6-16/h3-6,13H,2,7-12H2,1H3. The van der Waals surface area contributed by atoms with E-state index in [4.69, 9.17) is 4.42 Å². The Balaban J connectivity index is 1.48. The van der Waals surface area contributed by atoms with Crippen LogP contribution in [0.15, 0.2) is 35.1 Å². The summed E-state index contributed by atoms with van der Waals surface area (Å²) in [5.41, 5.74) is 0.868. The van der Waals surface area contributed by atoms with Gasteiger partial charge in [-0.3, -0.25) is 9.59 Å². The van der Waals surface area contributed by atoms with Crippen LogP contribution in [0.1, 0.15) is 41.9 Å². The summed E-state index contributed by atoms with van der Waals surface area (Å²) in [6, 6.07) is 6.06. The van der Waals surface area contributed by atoms with Gasteiger partial charge in [0.25, 0.3) is 5.91 Å². The first-order chi connectivity index (χ1) is 13.0. The number of likely N-dealkylation sites (tertiary alicyclic amines) is 1. The molecule has 1 aromatic heterocycles. The summed E-state index contributed by atoms with van der Waals surface area (Å²) in [6.07, 6.45) is 4.26. The molecule has 2 aromatic rings. The average Bonchev–Trinajstić information content (AvgIpc) is 3.11. The summed E-state index contributed by atoms with van der Waals surface area (Å²) in [7, 11) is 0. The van der Waals surface area contributed by atoms with Crippen LogP contribution in [0.5, 0.6) is 0 Å². The largest absolute Gasteiger partial charge is 0.438 e. The van der Waals surface area contributed by atoms with Crippen molar-refractivity contribution < 1.29 is 18.4 Å². The molecule has 0 aliphatic carbocycles. The van der Waals surface area contributed by atoms with Crippen LogP contribution in [0.4, 0.5) is 10.1 Å². The molecule has 6 nitrogen and oxygen atoms in total. The summed E-state index contributed by atoms with van der Waals surface area (Å²) in [4.78, 5) is 33.3. The molecule has 0 atom stereocenters. The molecule has 0 radical (unpaired) electrons. The summed E-state index contributed by atoms with van der Waals surface area (Å²) < 4.78 is 18.4. The van der Waals surface area contributed by atoms with E-state index >= 15 is 0 Å². The molecule has 2 aliphatic heterocycles. The summed E-state index contributed by atoms with van der Waals surface area (Å²) >= 11 is 0. The molecule has 0 saturated carbocycles. The van der Waals surface area contributed by atoms with Crippen LogP contribution in [0.25, 0.3) is 0 Å². The van der Waals surface area contributed by atoms with Crippen LogP contribution in [-0.4, -0.2) is 41.3 Å². The highest BCUT2D eigenvalue weighted by atomic mass is 19.1. The minimum Gasteiger partial charge on any atom is -0.438 e. The van der Waals surface area contributed by atoms with Gasteiger partial charge in [0, 0.05) is 25.3 Å². The lowest BCUT2D eigenvalue weighted by molar-refractivity contribution is -0.133. The Labute approximate surface area is 157 Å². The van der Waals surface area contributed by atoms with Gasteiger partial charge < -0.3 is 14.2 Å². The number of aromatic nitrogens is 1. The van der Waals surface area contributed by atoms with Gasteiger partial charge in [-0.15, -0.1) is 0 Å². The molecule has 2 aliphatic rings. The molecule has 0 unspecified atom stereocenters. The minimum absolute atomic E-state index is 0.0864. The van der Waals surface area contributed by atoms with Gasteiger partial charge in [0.15, 0.2) is 6.39 Å². The quantitative estimate of drug-likeness (QED) is 0.813. The molecule has 2 amide bonds. The first kappa shape index (κ1) is 17.7. The fraction of sp³-hybridized carbons (Fsp3) is 0.450. The first-order valence-corrected chi connectivity index (χ1v) is 9.27. The van der Waals surface area contributed by atoms with Gasteiger partial charge in [0.2, 0.25) is 11.7 Å². The van der Waals surface area contributed by atoms with E-state index in [0.29, 0.717) is 38.2 Å². The Bertz CT molecular complexity index is 854. The maximum Gasteiger partial charge on any atom is 0.291 e. The van der Waals surface area contributed by atoms with Gasteiger partial charge in [-0.2, -0.15) is 0 Å². The Morgan fingerprint density at radius 1 is 1.15 bits per heavy atom. The summed E-state index contributed by atoms with van der Waals surface area (Å²) in [5, 5.41) is 0. The van der Waals surface area contributed by atoms with Crippen molar-refractivity contribution in [3.05, 3.63) is 47.9 Å². The van der Waals surface area contributed by atoms with Gasteiger partial charge in [-0.1, -0.05) is 0 Å². The SMILES string of the molecule is Cc1ncoc1C(=O)N1CCC2(CCCN(c3ccc(F)cc3)C2=O)CC1. The number of rotatable bonds is 2. The number of hydrogen-bond acceptors (Lipinski definition) is 4. The number of carbonyl (C=O) groups excluding carboxylic acids is 2. The minimum atomic E-state index is -0.445. The molecule has 0 bridgehead atoms. The molecule has 1 aromatic carbocycles. The van der Waals surface area contributed by atoms with Gasteiger partial charge in [-0.25, -0.2) is 9.37 Å². The van der Waals surface area contributed by atoms with Crippen molar-refractivity contribution in [1.29, 1.82) is 0 Å². The number of carbonyl (C=O) groups is 2. The van der Waals surface area contributed by atoms with Gasteiger partial charge >= 0.3 is 0 Å². The molecule has 7 heteroatoms. The molecule has 2 saturated heterocycles. The highest BCUT2D eigenvalue weighted by molar-refractivity contribution is 5.99. The van der Waals surface area contributed by atoms with E-state index in [-0.39, 0.29) is 23.4 Å². The molecule has 1 spiro atoms. The topological polar surface area (TPSA) is 66.7 Å². The fourth-order valence-corrected chi connectivity index (χ4v) is 4.19. The van der Waals surface area contributed by atoms with E-state index in [9.17, 15) is 14.0 Å². The zero-order chi connectivity index (χ0) is 19.0. The molecule has 27 heavy (non-hydrogen) atoms. The zero-order valence-electron chi connectivity index (χ0n) is 15.3. The molecule has 4 rings (SSSR count). The monoisotopic (exact) mass is 371 g/mol. The lowest BCUT2D eigenvalue weighted by Gasteiger charge is -2.46. The van der Waals surface area contributed by atoms with Crippen molar-refractivity contribution in [2.24, 2.45) is 5.41 Å². The Hall–Kier alpha value is -2.70. The van der Waals surface area contributed by atoms with E-state index in [1.54, 1.807) is 28.9 Å². The normalized spacial score (nSPS) is 19.6. The maximum atomic E-state index is 13.2. The Morgan fingerprint density at radius 3 is 2.48 bits per heavy atom. The number of hydrogen-bond donors (Lipinski definition) is 0. The number of anilines is 1. The van der Waals surface area contributed by atoms with Gasteiger partial charge in [-0.05, 0) is 56.9 Å². The van der Waals surface area contributed by atoms with Crippen molar-refractivity contribution in [1.82, 2.24) is 9.88 Å². The Kier molecular flexibility index (Phi) is 4.45. The second-order valence-electron chi connectivity index (χ2n) is 7.38. The molecule has 142 valence electrons. The molecular weight excluding hydrogens is 349 g/mol. The molecular formula is C20H22FN3O3. The van der Waals surface area contributed by atoms with Crippen LogP contribution >= 0.6 is 0 Å². The van der Waals surface area contributed by atoms with Crippen LogP contribution in [0, 0.1) is 18.2 Å². The van der Waals surface area contributed by atoms with Gasteiger partial charge in [0.1, 0.15) is 5.82 Å². The lowest BCUT2D eigenvalue weighted by atomic mass is 9.71. The van der Waals surface area contributed by atoms with E-state index in [1.165, 1.54) is 18.5 Å². The first-order valence-electron chi connectivity index (χ1n) is 9.27. The zero-order valence-corrected chi connectivity index (χ0v) is 15.3. The van der Waals surface area contributed by atoms with Crippen molar-refractivity contribution >= 4 is 17.5 Å². The van der Waals surface area contributed by atoms with E-state index in [1.807, 2.05) is 0 Å². The third kappa shape index (κ3) is 3.11. The van der Waals surface area contributed by atoms with Crippen LogP contribution in [0.2, 0.25) is 0 Å². The molecule has 0 N–H and O–H groups in total. The number of nitrogens with zero attached hydrogens (tertiary/aromatic N) is 3. The molecule has 3 heterocycles. The second kappa shape index (κ2) is 6.79. The molecule has 2 fully saturated rings. The number of benzene rings is 1. The summed E-state index contributed by atoms with van der Waals surface area (Å²) in [5.74, 6) is -0.122. The maximum absolute atomic E-state index is 13.2. The van der Waals surface area contributed by atoms with Crippen LogP contribution in [-0.2, 0) is 4.79 Å². The lowest BCUT2D eigenvalue weighted by Crippen LogP contribution is -2.54. The van der Waals surface area contributed by atoms with Crippen LogP contribution < -0.4 is 4.90 Å². The number of amides is 2. The number of halogens is 1. The number of piperidine rings is 2. The van der Waals surface area contributed by atoms with Crippen molar-refractivity contribution in [3.8, 4) is 0 Å². The Morgan fingerprint density at radius 2 is 1.85 bits per heavy atom. The van der Waals surface area contributed by atoms with Crippen LogP contribution in [0.3, 0.4) is 0 Å². The average molecular weight is 371 g/mol. The van der Waals surface area contributed by atoms with Gasteiger partial charge in [0.05, 0.1) is 11.1 Å². The van der Waals surface area contributed by atoms with Crippen molar-refractivity contribution in [3.63, 3.8) is 0 Å². The predicted octanol–water partition coefficient (Wildman–Crippen LogP) is 3.17. The highest BCUT2D eigenvalue weighted by Crippen LogP contribution is 2.42. The summed E-state index contributed by atoms with van der Waals surface area (Å²) in [6.45, 7) is 3.42. The van der Waals surface area contributed by atoms with Crippen molar-refractivity contribution in [2.75, 3.05) is 24.5 Å². The second-order valence-corrected chi connectivity index (χ2v) is 7.38. The predicted molar refractivity (Wildman–Crippen MR) is 96.8 cm³/mol. The highest BCUT2D eigenvalue weighted by Gasteiger charge is 2.46. The third-order valence-corrected chi connectivity index (χ3v) is 5.82. The van der Waals surface area contributed by atoms with E-state index in [2.05, 4.69) is 4.98 Å². The number of aryl methyl sites for hydroxylation is 1.